The molecule has 6 nitrogen and oxygen atoms in total. The molecule has 2 amide bonds. The SMILES string of the molecule is O=C1N[C@@H](Cc2c[nH]c3ccccc23)C(=O)N2CCN(Cc3cccc(F)c3)C[C@H]12. The number of carbonyl (C=O) groups is 2. The zero-order chi connectivity index (χ0) is 20.7. The highest BCUT2D eigenvalue weighted by atomic mass is 19.1. The smallest absolute Gasteiger partial charge is 0.246 e. The lowest BCUT2D eigenvalue weighted by atomic mass is 9.98. The van der Waals surface area contributed by atoms with Crippen molar-refractivity contribution < 1.29 is 14.0 Å². The van der Waals surface area contributed by atoms with E-state index in [1.54, 1.807) is 11.0 Å². The lowest BCUT2D eigenvalue weighted by Crippen LogP contribution is -2.69. The van der Waals surface area contributed by atoms with Gasteiger partial charge in [0.1, 0.15) is 17.9 Å². The predicted octanol–water partition coefficient (Wildman–Crippen LogP) is 2.06. The molecular formula is C23H23FN4O2. The van der Waals surface area contributed by atoms with Gasteiger partial charge in [0.2, 0.25) is 11.8 Å². The van der Waals surface area contributed by atoms with Crippen molar-refractivity contribution in [3.8, 4) is 0 Å². The van der Waals surface area contributed by atoms with Crippen molar-refractivity contribution in [1.29, 1.82) is 0 Å². The van der Waals surface area contributed by atoms with E-state index >= 15 is 0 Å². The molecule has 0 spiro atoms. The number of fused-ring (bicyclic) bond motifs is 2. The number of nitrogens with one attached hydrogen (secondary N) is 2. The number of nitrogens with zero attached hydrogens (tertiary/aromatic N) is 2. The molecule has 7 heteroatoms. The Hall–Kier alpha value is -3.19. The number of rotatable bonds is 4. The van der Waals surface area contributed by atoms with Crippen molar-refractivity contribution in [2.45, 2.75) is 25.0 Å². The van der Waals surface area contributed by atoms with E-state index in [-0.39, 0.29) is 17.6 Å². The molecule has 2 saturated heterocycles. The van der Waals surface area contributed by atoms with E-state index in [9.17, 15) is 14.0 Å². The van der Waals surface area contributed by atoms with Crippen molar-refractivity contribution in [1.82, 2.24) is 20.1 Å². The Kier molecular flexibility index (Phi) is 4.75. The quantitative estimate of drug-likeness (QED) is 0.697. The molecule has 3 heterocycles. The van der Waals surface area contributed by atoms with Crippen LogP contribution in [0, 0.1) is 5.82 Å². The molecule has 2 aromatic carbocycles. The van der Waals surface area contributed by atoms with Crippen molar-refractivity contribution in [2.24, 2.45) is 0 Å². The number of piperazine rings is 2. The number of halogens is 1. The zero-order valence-corrected chi connectivity index (χ0v) is 16.5. The lowest BCUT2D eigenvalue weighted by Gasteiger charge is -2.45. The Morgan fingerprint density at radius 3 is 2.80 bits per heavy atom. The summed E-state index contributed by atoms with van der Waals surface area (Å²) >= 11 is 0. The summed E-state index contributed by atoms with van der Waals surface area (Å²) in [6.07, 6.45) is 2.37. The molecule has 0 aliphatic carbocycles. The van der Waals surface area contributed by atoms with E-state index in [1.165, 1.54) is 12.1 Å². The second-order valence-electron chi connectivity index (χ2n) is 8.04. The summed E-state index contributed by atoms with van der Waals surface area (Å²) in [6.45, 7) is 2.17. The van der Waals surface area contributed by atoms with E-state index in [0.29, 0.717) is 32.6 Å². The minimum Gasteiger partial charge on any atom is -0.361 e. The first-order valence-corrected chi connectivity index (χ1v) is 10.2. The summed E-state index contributed by atoms with van der Waals surface area (Å²) in [5.74, 6) is -0.421. The number of para-hydroxylation sites is 1. The summed E-state index contributed by atoms with van der Waals surface area (Å²) in [4.78, 5) is 33.0. The number of aromatic amines is 1. The molecular weight excluding hydrogens is 383 g/mol. The number of hydrogen-bond acceptors (Lipinski definition) is 3. The van der Waals surface area contributed by atoms with Crippen LogP contribution in [-0.4, -0.2) is 58.3 Å². The molecule has 2 fully saturated rings. The van der Waals surface area contributed by atoms with Crippen LogP contribution >= 0.6 is 0 Å². The second kappa shape index (κ2) is 7.57. The lowest BCUT2D eigenvalue weighted by molar-refractivity contribution is -0.153. The molecule has 2 N–H and O–H groups in total. The standard InChI is InChI=1S/C23H23FN4O2/c24-17-5-3-4-15(10-17)13-27-8-9-28-21(14-27)22(29)26-20(23(28)30)11-16-12-25-19-7-2-1-6-18(16)19/h1-7,10,12,20-21,25H,8-9,11,13-14H2,(H,26,29)/t20-,21+/m0/s1. The summed E-state index contributed by atoms with van der Waals surface area (Å²) in [5, 5.41) is 4.00. The minimum atomic E-state index is -0.553. The van der Waals surface area contributed by atoms with Crippen molar-refractivity contribution in [3.05, 3.63) is 71.7 Å². The maximum Gasteiger partial charge on any atom is 0.246 e. The number of benzene rings is 2. The Bertz CT molecular complexity index is 1110. The van der Waals surface area contributed by atoms with Crippen LogP contribution in [0.4, 0.5) is 4.39 Å². The van der Waals surface area contributed by atoms with Gasteiger partial charge in [0, 0.05) is 49.7 Å². The van der Waals surface area contributed by atoms with Gasteiger partial charge in [-0.2, -0.15) is 0 Å². The molecule has 0 unspecified atom stereocenters. The van der Waals surface area contributed by atoms with E-state index in [0.717, 1.165) is 22.0 Å². The maximum absolute atomic E-state index is 13.5. The topological polar surface area (TPSA) is 68.4 Å². The average molecular weight is 406 g/mol. The van der Waals surface area contributed by atoms with Crippen LogP contribution in [0.15, 0.2) is 54.7 Å². The van der Waals surface area contributed by atoms with Crippen LogP contribution in [0.3, 0.4) is 0 Å². The normalized spacial score (nSPS) is 22.2. The summed E-state index contributed by atoms with van der Waals surface area (Å²) in [5.41, 5.74) is 2.90. The van der Waals surface area contributed by atoms with E-state index < -0.39 is 12.1 Å². The third-order valence-electron chi connectivity index (χ3n) is 6.06. The van der Waals surface area contributed by atoms with E-state index in [2.05, 4.69) is 15.2 Å². The van der Waals surface area contributed by atoms with Gasteiger partial charge in [-0.3, -0.25) is 14.5 Å². The Balaban J connectivity index is 1.28. The molecule has 0 saturated carbocycles. The highest BCUT2D eigenvalue weighted by molar-refractivity contribution is 5.98. The predicted molar refractivity (Wildman–Crippen MR) is 111 cm³/mol. The van der Waals surface area contributed by atoms with Gasteiger partial charge in [-0.05, 0) is 29.3 Å². The molecule has 30 heavy (non-hydrogen) atoms. The van der Waals surface area contributed by atoms with E-state index in [1.807, 2.05) is 36.5 Å². The van der Waals surface area contributed by atoms with E-state index in [4.69, 9.17) is 0 Å². The second-order valence-corrected chi connectivity index (χ2v) is 8.04. The van der Waals surface area contributed by atoms with Crippen LogP contribution in [0.1, 0.15) is 11.1 Å². The Morgan fingerprint density at radius 1 is 1.07 bits per heavy atom. The van der Waals surface area contributed by atoms with Crippen molar-refractivity contribution >= 4 is 22.7 Å². The van der Waals surface area contributed by atoms with Crippen LogP contribution in [0.25, 0.3) is 10.9 Å². The highest BCUT2D eigenvalue weighted by Gasteiger charge is 2.43. The number of H-pyrrole nitrogens is 1. The average Bonchev–Trinajstić information content (AvgIpc) is 3.15. The van der Waals surface area contributed by atoms with Gasteiger partial charge in [0.05, 0.1) is 0 Å². The summed E-state index contributed by atoms with van der Waals surface area (Å²) < 4.78 is 13.5. The maximum atomic E-state index is 13.5. The number of carbonyl (C=O) groups excluding carboxylic acids is 2. The molecule has 2 aliphatic rings. The molecule has 0 radical (unpaired) electrons. The summed E-state index contributed by atoms with van der Waals surface area (Å²) in [7, 11) is 0. The number of hydrogen-bond donors (Lipinski definition) is 2. The van der Waals surface area contributed by atoms with Gasteiger partial charge in [-0.1, -0.05) is 30.3 Å². The van der Waals surface area contributed by atoms with Gasteiger partial charge < -0.3 is 15.2 Å². The van der Waals surface area contributed by atoms with Crippen molar-refractivity contribution in [3.63, 3.8) is 0 Å². The van der Waals surface area contributed by atoms with Gasteiger partial charge in [0.15, 0.2) is 0 Å². The van der Waals surface area contributed by atoms with Gasteiger partial charge in [-0.25, -0.2) is 4.39 Å². The fourth-order valence-electron chi connectivity index (χ4n) is 4.55. The minimum absolute atomic E-state index is 0.0321. The fourth-order valence-corrected chi connectivity index (χ4v) is 4.55. The molecule has 0 bridgehead atoms. The third-order valence-corrected chi connectivity index (χ3v) is 6.06. The monoisotopic (exact) mass is 406 g/mol. The van der Waals surface area contributed by atoms with Crippen LogP contribution in [-0.2, 0) is 22.6 Å². The van der Waals surface area contributed by atoms with Crippen LogP contribution in [0.5, 0.6) is 0 Å². The first kappa shape index (κ1) is 18.8. The van der Waals surface area contributed by atoms with Gasteiger partial charge >= 0.3 is 0 Å². The number of amides is 2. The molecule has 3 aromatic rings. The highest BCUT2D eigenvalue weighted by Crippen LogP contribution is 2.23. The Labute approximate surface area is 173 Å². The molecule has 2 aliphatic heterocycles. The van der Waals surface area contributed by atoms with Crippen molar-refractivity contribution in [2.75, 3.05) is 19.6 Å². The van der Waals surface area contributed by atoms with Gasteiger partial charge in [-0.15, -0.1) is 0 Å². The fraction of sp³-hybridized carbons (Fsp3) is 0.304. The molecule has 1 aromatic heterocycles. The van der Waals surface area contributed by atoms with Crippen LogP contribution < -0.4 is 5.32 Å². The largest absolute Gasteiger partial charge is 0.361 e. The number of aromatic nitrogens is 1. The zero-order valence-electron chi connectivity index (χ0n) is 16.5. The Morgan fingerprint density at radius 2 is 1.93 bits per heavy atom. The van der Waals surface area contributed by atoms with Gasteiger partial charge in [0.25, 0.3) is 0 Å². The molecule has 2 atom stereocenters. The first-order valence-electron chi connectivity index (χ1n) is 10.2. The molecule has 154 valence electrons. The summed E-state index contributed by atoms with van der Waals surface area (Å²) in [6, 6.07) is 13.4. The third kappa shape index (κ3) is 3.45. The van der Waals surface area contributed by atoms with Crippen LogP contribution in [0.2, 0.25) is 0 Å². The first-order chi connectivity index (χ1) is 14.6. The molecule has 5 rings (SSSR count).